The highest BCUT2D eigenvalue weighted by molar-refractivity contribution is 5.17. The van der Waals surface area contributed by atoms with Crippen LogP contribution in [-0.4, -0.2) is 0 Å². The van der Waals surface area contributed by atoms with E-state index in [9.17, 15) is 0 Å². The maximum atomic E-state index is 3.81. The summed E-state index contributed by atoms with van der Waals surface area (Å²) >= 11 is 0. The molecule has 0 saturated carbocycles. The number of hydrogen-bond donors (Lipinski definition) is 0. The molecule has 9 heavy (non-hydrogen) atoms. The number of rotatable bonds is 3. The molecule has 0 aliphatic rings. The van der Waals surface area contributed by atoms with Crippen LogP contribution in [-0.2, 0) is 0 Å². The van der Waals surface area contributed by atoms with Gasteiger partial charge in [-0.1, -0.05) is 37.6 Å². The van der Waals surface area contributed by atoms with E-state index in [0.29, 0.717) is 0 Å². The van der Waals surface area contributed by atoms with Crippen molar-refractivity contribution in [3.05, 3.63) is 23.8 Å². The van der Waals surface area contributed by atoms with Crippen LogP contribution >= 0.6 is 0 Å². The topological polar surface area (TPSA) is 0 Å². The average Bonchev–Trinajstić information content (AvgIpc) is 1.82. The summed E-state index contributed by atoms with van der Waals surface area (Å²) < 4.78 is 0. The first-order valence-corrected chi connectivity index (χ1v) is 3.55. The van der Waals surface area contributed by atoms with Crippen molar-refractivity contribution in [2.45, 2.75) is 33.6 Å². The maximum Gasteiger partial charge on any atom is -0.0346 e. The fraction of sp³-hybridized carbons (Fsp3) is 0.556. The zero-order valence-electron chi connectivity index (χ0n) is 6.70. The van der Waals surface area contributed by atoms with Crippen molar-refractivity contribution in [2.75, 3.05) is 0 Å². The van der Waals surface area contributed by atoms with Crippen molar-refractivity contribution in [3.63, 3.8) is 0 Å². The third-order valence-corrected chi connectivity index (χ3v) is 1.36. The normalized spacial score (nSPS) is 8.78. The van der Waals surface area contributed by atoms with Crippen LogP contribution in [0.4, 0.5) is 0 Å². The third-order valence-electron chi connectivity index (χ3n) is 1.36. The minimum atomic E-state index is 1.16. The molecule has 0 rings (SSSR count). The molecule has 0 aromatic carbocycles. The van der Waals surface area contributed by atoms with Crippen LogP contribution in [0, 0.1) is 0 Å². The minimum Gasteiger partial charge on any atom is -0.0961 e. The molecule has 0 nitrogen and oxygen atoms in total. The zero-order valence-corrected chi connectivity index (χ0v) is 6.70. The van der Waals surface area contributed by atoms with Crippen LogP contribution in [0.2, 0.25) is 0 Å². The fourth-order valence-corrected chi connectivity index (χ4v) is 0.803. The standard InChI is InChI=1S/C9H16/c1-5-9(6-2)7-8(3)4/h7H,3,5-6H2,1-2,4H3. The molecular formula is C9H16. The van der Waals surface area contributed by atoms with Gasteiger partial charge in [-0.25, -0.2) is 0 Å². The number of hydrogen-bond acceptors (Lipinski definition) is 0. The fourth-order valence-electron chi connectivity index (χ4n) is 0.803. The van der Waals surface area contributed by atoms with Crippen molar-refractivity contribution >= 4 is 0 Å². The Kier molecular flexibility index (Phi) is 4.12. The quantitative estimate of drug-likeness (QED) is 0.506. The van der Waals surface area contributed by atoms with Crippen LogP contribution in [0.25, 0.3) is 0 Å². The first-order valence-electron chi connectivity index (χ1n) is 3.55. The summed E-state index contributed by atoms with van der Waals surface area (Å²) in [7, 11) is 0. The van der Waals surface area contributed by atoms with Crippen LogP contribution in [0.15, 0.2) is 23.8 Å². The van der Waals surface area contributed by atoms with Gasteiger partial charge >= 0.3 is 0 Å². The molecule has 52 valence electrons. The monoisotopic (exact) mass is 124 g/mol. The molecule has 0 atom stereocenters. The van der Waals surface area contributed by atoms with Crippen molar-refractivity contribution in [3.8, 4) is 0 Å². The van der Waals surface area contributed by atoms with Crippen LogP contribution in [0.3, 0.4) is 0 Å². The minimum absolute atomic E-state index is 1.16. The lowest BCUT2D eigenvalue weighted by Crippen LogP contribution is -1.77. The van der Waals surface area contributed by atoms with E-state index in [1.54, 1.807) is 0 Å². The van der Waals surface area contributed by atoms with E-state index in [0.717, 1.165) is 18.4 Å². The zero-order chi connectivity index (χ0) is 7.28. The average molecular weight is 124 g/mol. The van der Waals surface area contributed by atoms with Gasteiger partial charge in [0.1, 0.15) is 0 Å². The summed E-state index contributed by atoms with van der Waals surface area (Å²) in [5.41, 5.74) is 2.65. The van der Waals surface area contributed by atoms with Crippen molar-refractivity contribution in [1.82, 2.24) is 0 Å². The Labute approximate surface area is 58.3 Å². The number of allylic oxidation sites excluding steroid dienone is 3. The summed E-state index contributed by atoms with van der Waals surface area (Å²) in [6, 6.07) is 0. The lowest BCUT2D eigenvalue weighted by atomic mass is 10.1. The second-order valence-electron chi connectivity index (χ2n) is 2.36. The van der Waals surface area contributed by atoms with Gasteiger partial charge in [0, 0.05) is 0 Å². The summed E-state index contributed by atoms with van der Waals surface area (Å²) in [5.74, 6) is 0. The third kappa shape index (κ3) is 4.01. The van der Waals surface area contributed by atoms with Gasteiger partial charge in [-0.05, 0) is 19.8 Å². The van der Waals surface area contributed by atoms with E-state index in [4.69, 9.17) is 0 Å². The highest BCUT2D eigenvalue weighted by Crippen LogP contribution is 2.07. The molecule has 0 aromatic rings. The van der Waals surface area contributed by atoms with Gasteiger partial charge in [0.05, 0.1) is 0 Å². The van der Waals surface area contributed by atoms with E-state index in [1.165, 1.54) is 5.57 Å². The SMILES string of the molecule is C=C(C)C=C(CC)CC. The lowest BCUT2D eigenvalue weighted by Gasteiger charge is -1.97. The Hall–Kier alpha value is -0.520. The van der Waals surface area contributed by atoms with Crippen LogP contribution in [0.1, 0.15) is 33.6 Å². The predicted molar refractivity (Wildman–Crippen MR) is 43.5 cm³/mol. The van der Waals surface area contributed by atoms with Crippen molar-refractivity contribution < 1.29 is 0 Å². The molecule has 0 N–H and O–H groups in total. The van der Waals surface area contributed by atoms with E-state index in [1.807, 2.05) is 6.92 Å². The first kappa shape index (κ1) is 8.48. The Morgan fingerprint density at radius 2 is 1.78 bits per heavy atom. The molecule has 0 heterocycles. The summed E-state index contributed by atoms with van der Waals surface area (Å²) in [5, 5.41) is 0. The van der Waals surface area contributed by atoms with E-state index < -0.39 is 0 Å². The summed E-state index contributed by atoms with van der Waals surface area (Å²) in [4.78, 5) is 0. The highest BCUT2D eigenvalue weighted by atomic mass is 13.9. The lowest BCUT2D eigenvalue weighted by molar-refractivity contribution is 0.974. The molecule has 0 aliphatic heterocycles. The molecule has 0 aliphatic carbocycles. The van der Waals surface area contributed by atoms with Crippen LogP contribution in [0.5, 0.6) is 0 Å². The van der Waals surface area contributed by atoms with E-state index >= 15 is 0 Å². The molecule has 0 bridgehead atoms. The van der Waals surface area contributed by atoms with Gasteiger partial charge in [-0.2, -0.15) is 0 Å². The van der Waals surface area contributed by atoms with Crippen LogP contribution < -0.4 is 0 Å². The molecule has 0 aromatic heterocycles. The van der Waals surface area contributed by atoms with Crippen molar-refractivity contribution in [1.29, 1.82) is 0 Å². The molecule has 0 heteroatoms. The van der Waals surface area contributed by atoms with Gasteiger partial charge < -0.3 is 0 Å². The smallest absolute Gasteiger partial charge is 0.0346 e. The van der Waals surface area contributed by atoms with E-state index in [-0.39, 0.29) is 0 Å². The molecular weight excluding hydrogens is 108 g/mol. The second-order valence-corrected chi connectivity index (χ2v) is 2.36. The Morgan fingerprint density at radius 3 is 1.89 bits per heavy atom. The largest absolute Gasteiger partial charge is 0.0961 e. The first-order chi connectivity index (χ1) is 4.20. The van der Waals surface area contributed by atoms with Gasteiger partial charge in [-0.3, -0.25) is 0 Å². The molecule has 0 amide bonds. The second kappa shape index (κ2) is 4.37. The molecule has 0 saturated heterocycles. The summed E-state index contributed by atoms with van der Waals surface area (Å²) in [6.07, 6.45) is 4.48. The molecule has 0 radical (unpaired) electrons. The molecule has 0 fully saturated rings. The predicted octanol–water partition coefficient (Wildman–Crippen LogP) is 3.31. The van der Waals surface area contributed by atoms with Crippen molar-refractivity contribution in [2.24, 2.45) is 0 Å². The molecule has 0 spiro atoms. The Bertz CT molecular complexity index is 112. The Balaban J connectivity index is 3.91. The maximum absolute atomic E-state index is 3.81. The highest BCUT2D eigenvalue weighted by Gasteiger charge is 1.87. The van der Waals surface area contributed by atoms with Gasteiger partial charge in [0.15, 0.2) is 0 Å². The Morgan fingerprint density at radius 1 is 1.33 bits per heavy atom. The summed E-state index contributed by atoms with van der Waals surface area (Å²) in [6.45, 7) is 10.2. The van der Waals surface area contributed by atoms with Gasteiger partial charge in [-0.15, -0.1) is 0 Å². The molecule has 0 unspecified atom stereocenters. The van der Waals surface area contributed by atoms with E-state index in [2.05, 4.69) is 26.5 Å². The van der Waals surface area contributed by atoms with Gasteiger partial charge in [0.2, 0.25) is 0 Å². The van der Waals surface area contributed by atoms with Gasteiger partial charge in [0.25, 0.3) is 0 Å².